The van der Waals surface area contributed by atoms with Crippen LogP contribution in [-0.2, 0) is 6.42 Å². The van der Waals surface area contributed by atoms with E-state index < -0.39 is 5.97 Å². The first-order chi connectivity index (χ1) is 8.52. The summed E-state index contributed by atoms with van der Waals surface area (Å²) in [7, 11) is 0. The second-order valence-electron chi connectivity index (χ2n) is 3.52. The Morgan fingerprint density at radius 1 is 1.56 bits per heavy atom. The van der Waals surface area contributed by atoms with Gasteiger partial charge in [-0.25, -0.2) is 14.5 Å². The third kappa shape index (κ3) is 2.39. The molecular weight excluding hydrogens is 321 g/mol. The van der Waals surface area contributed by atoms with E-state index in [0.717, 1.165) is 4.47 Å². The fraction of sp³-hybridized carbons (Fsp3) is 0.182. The van der Waals surface area contributed by atoms with Crippen molar-refractivity contribution >= 4 is 33.5 Å². The third-order valence-electron chi connectivity index (χ3n) is 2.32. The molecule has 2 aromatic rings. The number of aryl methyl sites for hydroxylation is 1. The molecule has 0 aliphatic carbocycles. The van der Waals surface area contributed by atoms with Crippen molar-refractivity contribution in [1.29, 1.82) is 0 Å². The number of halogens is 2. The van der Waals surface area contributed by atoms with E-state index in [1.165, 1.54) is 4.68 Å². The van der Waals surface area contributed by atoms with E-state index in [-0.39, 0.29) is 5.82 Å². The van der Waals surface area contributed by atoms with E-state index in [1.807, 2.05) is 6.92 Å². The van der Waals surface area contributed by atoms with Gasteiger partial charge in [-0.05, 0) is 18.2 Å². The number of hydrogen-bond donors (Lipinski definition) is 1. The van der Waals surface area contributed by atoms with Crippen LogP contribution in [0.25, 0.3) is 5.69 Å². The lowest BCUT2D eigenvalue weighted by atomic mass is 10.3. The molecule has 1 aromatic heterocycles. The molecule has 0 spiro atoms. The van der Waals surface area contributed by atoms with Gasteiger partial charge in [-0.15, -0.1) is 5.10 Å². The maximum atomic E-state index is 10.9. The van der Waals surface area contributed by atoms with Crippen molar-refractivity contribution in [3.63, 3.8) is 0 Å². The molecule has 7 heteroatoms. The fourth-order valence-electron chi connectivity index (χ4n) is 1.50. The van der Waals surface area contributed by atoms with Crippen LogP contribution in [0.1, 0.15) is 23.4 Å². The van der Waals surface area contributed by atoms with Crippen LogP contribution in [0.4, 0.5) is 0 Å². The number of nitrogens with zero attached hydrogens (tertiary/aromatic N) is 3. The van der Waals surface area contributed by atoms with Crippen molar-refractivity contribution in [2.45, 2.75) is 13.3 Å². The summed E-state index contributed by atoms with van der Waals surface area (Å²) in [6.45, 7) is 1.87. The van der Waals surface area contributed by atoms with Crippen LogP contribution in [0.3, 0.4) is 0 Å². The minimum atomic E-state index is -1.16. The zero-order valence-corrected chi connectivity index (χ0v) is 11.7. The number of aromatic nitrogens is 3. The number of carboxylic acid groups (broad SMARTS) is 1. The quantitative estimate of drug-likeness (QED) is 0.939. The lowest BCUT2D eigenvalue weighted by molar-refractivity contribution is 0.0683. The van der Waals surface area contributed by atoms with Gasteiger partial charge in [0.1, 0.15) is 5.82 Å². The number of rotatable bonds is 3. The number of hydrogen-bond acceptors (Lipinski definition) is 3. The topological polar surface area (TPSA) is 68.0 Å². The average molecular weight is 331 g/mol. The summed E-state index contributed by atoms with van der Waals surface area (Å²) in [5.74, 6) is -0.843. The van der Waals surface area contributed by atoms with E-state index in [9.17, 15) is 4.79 Å². The molecule has 94 valence electrons. The molecule has 1 aromatic carbocycles. The van der Waals surface area contributed by atoms with E-state index in [2.05, 4.69) is 26.0 Å². The van der Waals surface area contributed by atoms with Gasteiger partial charge >= 0.3 is 5.97 Å². The standard InChI is InChI=1S/C11H9BrClN3O2/c1-2-9-14-10(11(17)18)15-16(9)8-5-6(12)3-4-7(8)13/h3-5H,2H2,1H3,(H,17,18). The van der Waals surface area contributed by atoms with Gasteiger partial charge in [0.25, 0.3) is 5.82 Å². The smallest absolute Gasteiger partial charge is 0.375 e. The molecule has 0 saturated heterocycles. The Balaban J connectivity index is 2.62. The molecule has 0 aliphatic rings. The highest BCUT2D eigenvalue weighted by Crippen LogP contribution is 2.25. The summed E-state index contributed by atoms with van der Waals surface area (Å²) in [5.41, 5.74) is 0.600. The number of benzene rings is 1. The second-order valence-corrected chi connectivity index (χ2v) is 4.84. The highest BCUT2D eigenvalue weighted by atomic mass is 79.9. The van der Waals surface area contributed by atoms with Crippen LogP contribution in [-0.4, -0.2) is 25.8 Å². The van der Waals surface area contributed by atoms with Crippen LogP contribution in [0, 0.1) is 0 Å². The first-order valence-electron chi connectivity index (χ1n) is 5.17. The third-order valence-corrected chi connectivity index (χ3v) is 3.13. The summed E-state index contributed by atoms with van der Waals surface area (Å²) in [6.07, 6.45) is 0.559. The highest BCUT2D eigenvalue weighted by molar-refractivity contribution is 9.10. The SMILES string of the molecule is CCc1nc(C(=O)O)nn1-c1cc(Br)ccc1Cl. The van der Waals surface area contributed by atoms with Crippen molar-refractivity contribution < 1.29 is 9.90 Å². The molecule has 2 rings (SSSR count). The molecule has 5 nitrogen and oxygen atoms in total. The van der Waals surface area contributed by atoms with Gasteiger partial charge in [-0.1, -0.05) is 34.5 Å². The molecule has 0 unspecified atom stereocenters. The molecule has 0 aliphatic heterocycles. The molecule has 0 radical (unpaired) electrons. The normalized spacial score (nSPS) is 10.6. The minimum Gasteiger partial charge on any atom is -0.475 e. The molecule has 1 N–H and O–H groups in total. The first kappa shape index (κ1) is 13.0. The highest BCUT2D eigenvalue weighted by Gasteiger charge is 2.17. The molecule has 18 heavy (non-hydrogen) atoms. The van der Waals surface area contributed by atoms with Crippen molar-refractivity contribution in [1.82, 2.24) is 14.8 Å². The van der Waals surface area contributed by atoms with Crippen molar-refractivity contribution in [2.24, 2.45) is 0 Å². The van der Waals surface area contributed by atoms with Crippen LogP contribution in [0.15, 0.2) is 22.7 Å². The Morgan fingerprint density at radius 3 is 2.89 bits per heavy atom. The Kier molecular flexibility index (Phi) is 3.68. The van der Waals surface area contributed by atoms with E-state index in [0.29, 0.717) is 23.0 Å². The summed E-state index contributed by atoms with van der Waals surface area (Å²) >= 11 is 9.43. The Hall–Kier alpha value is -1.40. The summed E-state index contributed by atoms with van der Waals surface area (Å²) in [6, 6.07) is 5.27. The molecule has 0 fully saturated rings. The molecule has 0 bridgehead atoms. The lowest BCUT2D eigenvalue weighted by Gasteiger charge is -2.06. The number of aromatic carboxylic acids is 1. The van der Waals surface area contributed by atoms with Gasteiger partial charge in [0.05, 0.1) is 10.7 Å². The minimum absolute atomic E-state index is 0.233. The number of carboxylic acids is 1. The Labute approximate surface area is 117 Å². The van der Waals surface area contributed by atoms with Crippen LogP contribution < -0.4 is 0 Å². The molecule has 0 amide bonds. The predicted molar refractivity (Wildman–Crippen MR) is 70.4 cm³/mol. The first-order valence-corrected chi connectivity index (χ1v) is 6.34. The van der Waals surface area contributed by atoms with Crippen LogP contribution >= 0.6 is 27.5 Å². The fourth-order valence-corrected chi connectivity index (χ4v) is 2.05. The van der Waals surface area contributed by atoms with Gasteiger partial charge in [-0.3, -0.25) is 0 Å². The molecule has 0 saturated carbocycles. The molecular formula is C11H9BrClN3O2. The van der Waals surface area contributed by atoms with Crippen LogP contribution in [0.2, 0.25) is 5.02 Å². The number of carbonyl (C=O) groups is 1. The van der Waals surface area contributed by atoms with Crippen molar-refractivity contribution in [3.05, 3.63) is 39.3 Å². The monoisotopic (exact) mass is 329 g/mol. The second kappa shape index (κ2) is 5.07. The van der Waals surface area contributed by atoms with Gasteiger partial charge in [0.15, 0.2) is 0 Å². The maximum Gasteiger partial charge on any atom is 0.375 e. The summed E-state index contributed by atoms with van der Waals surface area (Å²) in [5, 5.41) is 13.3. The molecule has 0 atom stereocenters. The lowest BCUT2D eigenvalue weighted by Crippen LogP contribution is -2.04. The van der Waals surface area contributed by atoms with Crippen LogP contribution in [0.5, 0.6) is 0 Å². The average Bonchev–Trinajstić information content (AvgIpc) is 2.76. The largest absolute Gasteiger partial charge is 0.475 e. The van der Waals surface area contributed by atoms with E-state index in [4.69, 9.17) is 16.7 Å². The van der Waals surface area contributed by atoms with E-state index in [1.54, 1.807) is 18.2 Å². The Bertz CT molecular complexity index is 612. The van der Waals surface area contributed by atoms with Gasteiger partial charge in [0, 0.05) is 10.9 Å². The summed E-state index contributed by atoms with van der Waals surface area (Å²) in [4.78, 5) is 14.8. The summed E-state index contributed by atoms with van der Waals surface area (Å²) < 4.78 is 2.28. The zero-order valence-electron chi connectivity index (χ0n) is 9.39. The Morgan fingerprint density at radius 2 is 2.28 bits per heavy atom. The van der Waals surface area contributed by atoms with Gasteiger partial charge in [-0.2, -0.15) is 0 Å². The molecule has 1 heterocycles. The van der Waals surface area contributed by atoms with Gasteiger partial charge in [0.2, 0.25) is 0 Å². The zero-order chi connectivity index (χ0) is 13.3. The maximum absolute atomic E-state index is 10.9. The van der Waals surface area contributed by atoms with Crippen molar-refractivity contribution in [2.75, 3.05) is 0 Å². The van der Waals surface area contributed by atoms with Gasteiger partial charge < -0.3 is 5.11 Å². The predicted octanol–water partition coefficient (Wildman–Crippen LogP) is 2.94. The van der Waals surface area contributed by atoms with E-state index >= 15 is 0 Å². The van der Waals surface area contributed by atoms with Crippen molar-refractivity contribution in [3.8, 4) is 5.69 Å².